The zero-order valence-electron chi connectivity index (χ0n) is 11.4. The highest BCUT2D eigenvalue weighted by Gasteiger charge is 2.07. The Bertz CT molecular complexity index is 765. The first-order valence-corrected chi connectivity index (χ1v) is 7.39. The minimum absolute atomic E-state index is 0.518. The standard InChI is InChI=1S/C15H13F2N3S/c1-9-7-21-14-13(9)19-8-20-15(14)18-3-2-10-4-11(16)6-12(17)5-10/h4-8H,2-3H2,1H3,(H,18,19,20). The average molecular weight is 305 g/mol. The van der Waals surface area contributed by atoms with E-state index in [0.29, 0.717) is 18.5 Å². The Kier molecular flexibility index (Phi) is 3.79. The lowest BCUT2D eigenvalue weighted by atomic mass is 10.1. The summed E-state index contributed by atoms with van der Waals surface area (Å²) >= 11 is 1.58. The van der Waals surface area contributed by atoms with Gasteiger partial charge in [-0.3, -0.25) is 0 Å². The molecule has 3 nitrogen and oxygen atoms in total. The van der Waals surface area contributed by atoms with Gasteiger partial charge in [0.05, 0.1) is 10.2 Å². The van der Waals surface area contributed by atoms with Gasteiger partial charge in [-0.15, -0.1) is 11.3 Å². The molecule has 0 bridgehead atoms. The number of aromatic nitrogens is 2. The van der Waals surface area contributed by atoms with E-state index in [4.69, 9.17) is 0 Å². The number of nitrogens with one attached hydrogen (secondary N) is 1. The number of hydrogen-bond donors (Lipinski definition) is 1. The molecule has 2 aromatic heterocycles. The fourth-order valence-corrected chi connectivity index (χ4v) is 3.14. The lowest BCUT2D eigenvalue weighted by Gasteiger charge is -2.07. The highest BCUT2D eigenvalue weighted by molar-refractivity contribution is 7.18. The molecule has 0 atom stereocenters. The molecule has 1 aromatic carbocycles. The molecule has 0 amide bonds. The summed E-state index contributed by atoms with van der Waals surface area (Å²) in [5.41, 5.74) is 2.68. The quantitative estimate of drug-likeness (QED) is 0.793. The van der Waals surface area contributed by atoms with E-state index in [0.717, 1.165) is 27.7 Å². The fourth-order valence-electron chi connectivity index (χ4n) is 2.18. The molecule has 21 heavy (non-hydrogen) atoms. The van der Waals surface area contributed by atoms with E-state index >= 15 is 0 Å². The van der Waals surface area contributed by atoms with Crippen molar-refractivity contribution in [1.82, 2.24) is 9.97 Å². The highest BCUT2D eigenvalue weighted by Crippen LogP contribution is 2.28. The molecule has 0 aliphatic heterocycles. The van der Waals surface area contributed by atoms with Crippen molar-refractivity contribution in [2.45, 2.75) is 13.3 Å². The second-order valence-corrected chi connectivity index (χ2v) is 5.65. The van der Waals surface area contributed by atoms with Gasteiger partial charge >= 0.3 is 0 Å². The Labute approximate surface area is 124 Å². The third-order valence-corrected chi connectivity index (χ3v) is 4.25. The van der Waals surface area contributed by atoms with Crippen LogP contribution < -0.4 is 5.32 Å². The molecule has 0 aliphatic rings. The predicted octanol–water partition coefficient (Wildman–Crippen LogP) is 3.93. The Morgan fingerprint density at radius 1 is 1.14 bits per heavy atom. The average Bonchev–Trinajstić information content (AvgIpc) is 2.81. The van der Waals surface area contributed by atoms with Crippen LogP contribution in [0.4, 0.5) is 14.6 Å². The Morgan fingerprint density at radius 2 is 1.90 bits per heavy atom. The van der Waals surface area contributed by atoms with Crippen LogP contribution in [0, 0.1) is 18.6 Å². The van der Waals surface area contributed by atoms with E-state index in [1.165, 1.54) is 18.5 Å². The number of hydrogen-bond acceptors (Lipinski definition) is 4. The Balaban J connectivity index is 1.72. The third kappa shape index (κ3) is 3.00. The van der Waals surface area contributed by atoms with Crippen LogP contribution in [0.25, 0.3) is 10.2 Å². The van der Waals surface area contributed by atoms with E-state index in [9.17, 15) is 8.78 Å². The molecule has 6 heteroatoms. The monoisotopic (exact) mass is 305 g/mol. The van der Waals surface area contributed by atoms with Gasteiger partial charge in [0, 0.05) is 12.6 Å². The summed E-state index contributed by atoms with van der Waals surface area (Å²) in [5.74, 6) is -0.346. The van der Waals surface area contributed by atoms with Gasteiger partial charge in [0.15, 0.2) is 0 Å². The highest BCUT2D eigenvalue weighted by atomic mass is 32.1. The van der Waals surface area contributed by atoms with Crippen molar-refractivity contribution in [3.63, 3.8) is 0 Å². The molecular weight excluding hydrogens is 292 g/mol. The molecule has 1 N–H and O–H groups in total. The summed E-state index contributed by atoms with van der Waals surface area (Å²) in [6, 6.07) is 3.56. The fraction of sp³-hybridized carbons (Fsp3) is 0.200. The van der Waals surface area contributed by atoms with Gasteiger partial charge < -0.3 is 5.32 Å². The molecule has 2 heterocycles. The van der Waals surface area contributed by atoms with Crippen molar-refractivity contribution >= 4 is 27.4 Å². The number of aryl methyl sites for hydroxylation is 1. The molecule has 3 aromatic rings. The lowest BCUT2D eigenvalue weighted by molar-refractivity contribution is 0.580. The van der Waals surface area contributed by atoms with Gasteiger partial charge in [-0.25, -0.2) is 18.7 Å². The maximum Gasteiger partial charge on any atom is 0.147 e. The second kappa shape index (κ2) is 5.73. The maximum atomic E-state index is 13.1. The SMILES string of the molecule is Cc1csc2c(NCCc3cc(F)cc(F)c3)ncnc12. The molecule has 0 radical (unpaired) electrons. The first-order chi connectivity index (χ1) is 10.1. The number of benzene rings is 1. The van der Waals surface area contributed by atoms with Crippen LogP contribution in [0.15, 0.2) is 29.9 Å². The van der Waals surface area contributed by atoms with Crippen molar-refractivity contribution in [2.24, 2.45) is 0 Å². The smallest absolute Gasteiger partial charge is 0.147 e. The third-order valence-electron chi connectivity index (χ3n) is 3.16. The van der Waals surface area contributed by atoms with Gasteiger partial charge in [-0.1, -0.05) is 0 Å². The Hall–Kier alpha value is -2.08. The van der Waals surface area contributed by atoms with Gasteiger partial charge in [-0.2, -0.15) is 0 Å². The maximum absolute atomic E-state index is 13.1. The van der Waals surface area contributed by atoms with Crippen LogP contribution in [0.3, 0.4) is 0 Å². The van der Waals surface area contributed by atoms with Gasteiger partial charge in [-0.05, 0) is 42.0 Å². The van der Waals surface area contributed by atoms with Crippen LogP contribution in [-0.4, -0.2) is 16.5 Å². The van der Waals surface area contributed by atoms with Crippen LogP contribution >= 0.6 is 11.3 Å². The summed E-state index contributed by atoms with van der Waals surface area (Å²) in [4.78, 5) is 8.48. The van der Waals surface area contributed by atoms with Gasteiger partial charge in [0.25, 0.3) is 0 Å². The normalized spacial score (nSPS) is 11.0. The number of anilines is 1. The molecule has 0 saturated heterocycles. The Morgan fingerprint density at radius 3 is 2.67 bits per heavy atom. The summed E-state index contributed by atoms with van der Waals surface area (Å²) in [6.45, 7) is 2.55. The summed E-state index contributed by atoms with van der Waals surface area (Å²) in [7, 11) is 0. The summed E-state index contributed by atoms with van der Waals surface area (Å²) < 4.78 is 27.2. The van der Waals surface area contributed by atoms with E-state index in [1.807, 2.05) is 12.3 Å². The molecule has 108 valence electrons. The molecule has 0 unspecified atom stereocenters. The van der Waals surface area contributed by atoms with Crippen molar-refractivity contribution in [3.05, 3.63) is 52.7 Å². The van der Waals surface area contributed by atoms with Gasteiger partial charge in [0.2, 0.25) is 0 Å². The van der Waals surface area contributed by atoms with Crippen LogP contribution in [-0.2, 0) is 6.42 Å². The number of nitrogens with zero attached hydrogens (tertiary/aromatic N) is 2. The number of fused-ring (bicyclic) bond motifs is 1. The van der Waals surface area contributed by atoms with E-state index in [2.05, 4.69) is 15.3 Å². The van der Waals surface area contributed by atoms with Crippen LogP contribution in [0.2, 0.25) is 0 Å². The van der Waals surface area contributed by atoms with Gasteiger partial charge in [0.1, 0.15) is 23.8 Å². The minimum Gasteiger partial charge on any atom is -0.368 e. The topological polar surface area (TPSA) is 37.8 Å². The first kappa shape index (κ1) is 13.9. The van der Waals surface area contributed by atoms with E-state index in [1.54, 1.807) is 11.3 Å². The largest absolute Gasteiger partial charge is 0.368 e. The van der Waals surface area contributed by atoms with Crippen molar-refractivity contribution in [2.75, 3.05) is 11.9 Å². The first-order valence-electron chi connectivity index (χ1n) is 6.51. The van der Waals surface area contributed by atoms with Crippen LogP contribution in [0.1, 0.15) is 11.1 Å². The van der Waals surface area contributed by atoms with Crippen molar-refractivity contribution in [3.8, 4) is 0 Å². The number of rotatable bonds is 4. The molecule has 0 fully saturated rings. The summed E-state index contributed by atoms with van der Waals surface area (Å²) in [5, 5.41) is 5.24. The molecule has 0 aliphatic carbocycles. The van der Waals surface area contributed by atoms with Crippen molar-refractivity contribution < 1.29 is 8.78 Å². The molecule has 0 saturated carbocycles. The van der Waals surface area contributed by atoms with Crippen molar-refractivity contribution in [1.29, 1.82) is 0 Å². The molecule has 0 spiro atoms. The second-order valence-electron chi connectivity index (χ2n) is 4.77. The molecule has 3 rings (SSSR count). The lowest BCUT2D eigenvalue weighted by Crippen LogP contribution is -2.07. The van der Waals surface area contributed by atoms with Crippen LogP contribution in [0.5, 0.6) is 0 Å². The summed E-state index contributed by atoms with van der Waals surface area (Å²) in [6.07, 6.45) is 2.04. The molecular formula is C15H13F2N3S. The predicted molar refractivity (Wildman–Crippen MR) is 80.7 cm³/mol. The van der Waals surface area contributed by atoms with E-state index < -0.39 is 11.6 Å². The minimum atomic E-state index is -0.552. The van der Waals surface area contributed by atoms with E-state index in [-0.39, 0.29) is 0 Å². The number of halogens is 2. The zero-order valence-corrected chi connectivity index (χ0v) is 12.2. The number of thiophene rings is 1. The zero-order chi connectivity index (χ0) is 14.8.